The minimum absolute atomic E-state index is 0.0175. The Bertz CT molecular complexity index is 847. The Labute approximate surface area is 167 Å². The number of nitrogens with zero attached hydrogens (tertiary/aromatic N) is 1. The minimum atomic E-state index is -0.494. The van der Waals surface area contributed by atoms with Gasteiger partial charge in [0.25, 0.3) is 9.76 Å². The molecule has 0 fully saturated rings. The van der Waals surface area contributed by atoms with Crippen molar-refractivity contribution in [3.63, 3.8) is 0 Å². The maximum atomic E-state index is 11.7. The zero-order chi connectivity index (χ0) is 20.9. The first kappa shape index (κ1) is 21.7. The van der Waals surface area contributed by atoms with E-state index < -0.39 is 4.92 Å². The number of ether oxygens (including phenoxy) is 3. The van der Waals surface area contributed by atoms with Crippen molar-refractivity contribution >= 4 is 20.6 Å². The fraction of sp³-hybridized carbons (Fsp3) is 0.400. The molecular weight excluding hydrogens is 378 g/mol. The highest BCUT2D eigenvalue weighted by atomic mass is 28.2. The van der Waals surface area contributed by atoms with E-state index in [1.165, 1.54) is 26.9 Å². The van der Waals surface area contributed by atoms with Crippen LogP contribution in [0.5, 0.6) is 17.2 Å². The molecule has 0 aliphatic carbocycles. The second-order valence-corrected chi connectivity index (χ2v) is 8.13. The maximum Gasteiger partial charge on any atom is 0.320 e. The topological polar surface area (TPSA) is 80.1 Å². The molecule has 150 valence electrons. The van der Waals surface area contributed by atoms with Gasteiger partial charge in [0.1, 0.15) is 0 Å². The van der Waals surface area contributed by atoms with Crippen molar-refractivity contribution in [2.45, 2.75) is 32.8 Å². The van der Waals surface area contributed by atoms with Crippen LogP contribution < -0.4 is 19.4 Å². The Balaban J connectivity index is 2.34. The average molecular weight is 404 g/mol. The molecule has 0 saturated carbocycles. The summed E-state index contributed by atoms with van der Waals surface area (Å²) in [6, 6.07) is 9.61. The zero-order valence-corrected chi connectivity index (χ0v) is 18.0. The summed E-state index contributed by atoms with van der Waals surface area (Å²) in [6.07, 6.45) is 0. The van der Waals surface area contributed by atoms with Crippen LogP contribution in [0.3, 0.4) is 0 Å². The van der Waals surface area contributed by atoms with E-state index in [1.54, 1.807) is 6.07 Å². The molecule has 0 saturated heterocycles. The predicted octanol–water partition coefficient (Wildman–Crippen LogP) is 3.38. The molecule has 0 aromatic heterocycles. The van der Waals surface area contributed by atoms with E-state index in [-0.39, 0.29) is 39.0 Å². The molecule has 2 aromatic rings. The molecule has 0 heterocycles. The van der Waals surface area contributed by atoms with Gasteiger partial charge in [-0.1, -0.05) is 45.0 Å². The lowest BCUT2D eigenvalue weighted by atomic mass is 9.87. The molecule has 2 aromatic carbocycles. The lowest BCUT2D eigenvalue weighted by Crippen LogP contribution is -2.29. The third kappa shape index (κ3) is 4.63. The standard InChI is InChI=1S/C20H25NO6Si/c1-20(2,3)14-9-7-8-10-16(14)28-27-12-13-11-15(24-4)18(25-5)19(26-6)17(13)21(22)23/h7-11H,12H2,1-6H3. The van der Waals surface area contributed by atoms with Gasteiger partial charge in [-0.05, 0) is 22.2 Å². The van der Waals surface area contributed by atoms with Crippen LogP contribution in [0.4, 0.5) is 5.69 Å². The van der Waals surface area contributed by atoms with E-state index in [2.05, 4.69) is 26.8 Å². The van der Waals surface area contributed by atoms with Gasteiger partial charge >= 0.3 is 5.69 Å². The van der Waals surface area contributed by atoms with Gasteiger partial charge in [0.05, 0.1) is 38.4 Å². The summed E-state index contributed by atoms with van der Waals surface area (Å²) in [6.45, 7) is 6.46. The number of benzene rings is 2. The zero-order valence-electron chi connectivity index (χ0n) is 17.0. The maximum absolute atomic E-state index is 11.7. The molecule has 0 bridgehead atoms. The van der Waals surface area contributed by atoms with Crippen molar-refractivity contribution in [1.82, 2.24) is 0 Å². The minimum Gasteiger partial charge on any atom is -0.493 e. The van der Waals surface area contributed by atoms with E-state index >= 15 is 0 Å². The highest BCUT2D eigenvalue weighted by Crippen LogP contribution is 2.46. The number of hydrogen-bond donors (Lipinski definition) is 0. The van der Waals surface area contributed by atoms with Crippen molar-refractivity contribution in [3.8, 4) is 17.2 Å². The summed E-state index contributed by atoms with van der Waals surface area (Å²) in [7, 11) is 4.28. The summed E-state index contributed by atoms with van der Waals surface area (Å²) >= 11 is 0. The van der Waals surface area contributed by atoms with Crippen LogP contribution >= 0.6 is 0 Å². The van der Waals surface area contributed by atoms with Crippen molar-refractivity contribution in [2.24, 2.45) is 0 Å². The van der Waals surface area contributed by atoms with E-state index in [0.29, 0.717) is 11.3 Å². The van der Waals surface area contributed by atoms with Gasteiger partial charge in [-0.25, -0.2) is 0 Å². The van der Waals surface area contributed by atoms with E-state index in [9.17, 15) is 10.1 Å². The van der Waals surface area contributed by atoms with Crippen molar-refractivity contribution in [2.75, 3.05) is 21.3 Å². The highest BCUT2D eigenvalue weighted by molar-refractivity contribution is 6.47. The number of rotatable bonds is 8. The number of hydrogen-bond acceptors (Lipinski definition) is 6. The Morgan fingerprint density at radius 1 is 1.04 bits per heavy atom. The van der Waals surface area contributed by atoms with E-state index in [0.717, 1.165) is 5.19 Å². The Kier molecular flexibility index (Phi) is 7.04. The molecule has 0 spiro atoms. The molecule has 0 aliphatic rings. The van der Waals surface area contributed by atoms with Crippen LogP contribution in [0.1, 0.15) is 31.9 Å². The van der Waals surface area contributed by atoms with Gasteiger partial charge in [-0.3, -0.25) is 10.1 Å². The second-order valence-electron chi connectivity index (χ2n) is 7.10. The van der Waals surface area contributed by atoms with E-state index in [4.69, 9.17) is 18.6 Å². The van der Waals surface area contributed by atoms with Gasteiger partial charge in [0, 0.05) is 0 Å². The van der Waals surface area contributed by atoms with Gasteiger partial charge in [-0.2, -0.15) is 0 Å². The Morgan fingerprint density at radius 3 is 2.21 bits per heavy atom. The highest BCUT2D eigenvalue weighted by Gasteiger charge is 2.29. The Hall–Kier alpha value is -2.58. The van der Waals surface area contributed by atoms with Gasteiger partial charge < -0.3 is 18.6 Å². The molecule has 0 amide bonds. The molecule has 2 rings (SSSR count). The number of nitro groups is 1. The average Bonchev–Trinajstić information content (AvgIpc) is 2.65. The van der Waals surface area contributed by atoms with Crippen LogP contribution in [0, 0.1) is 10.1 Å². The molecule has 0 unspecified atom stereocenters. The molecule has 0 aliphatic heterocycles. The predicted molar refractivity (Wildman–Crippen MR) is 108 cm³/mol. The van der Waals surface area contributed by atoms with E-state index in [1.807, 2.05) is 18.2 Å². The van der Waals surface area contributed by atoms with Gasteiger partial charge in [0.2, 0.25) is 11.5 Å². The lowest BCUT2D eigenvalue weighted by Gasteiger charge is -2.22. The lowest BCUT2D eigenvalue weighted by molar-refractivity contribution is -0.386. The number of methoxy groups -OCH3 is 3. The molecule has 2 radical (unpaired) electrons. The third-order valence-corrected chi connectivity index (χ3v) is 5.15. The van der Waals surface area contributed by atoms with Crippen molar-refractivity contribution in [3.05, 3.63) is 51.6 Å². The van der Waals surface area contributed by atoms with Gasteiger partial charge in [-0.15, -0.1) is 0 Å². The van der Waals surface area contributed by atoms with Crippen LogP contribution in [0.2, 0.25) is 0 Å². The van der Waals surface area contributed by atoms with Crippen LogP contribution in [-0.2, 0) is 16.4 Å². The van der Waals surface area contributed by atoms with Gasteiger partial charge in [0.15, 0.2) is 5.75 Å². The Morgan fingerprint density at radius 2 is 1.68 bits per heavy atom. The molecular formula is C20H25NO6Si. The number of nitro benzene ring substituents is 1. The first-order valence-corrected chi connectivity index (χ1v) is 9.59. The normalized spacial score (nSPS) is 11.2. The summed E-state index contributed by atoms with van der Waals surface area (Å²) < 4.78 is 21.7. The first-order chi connectivity index (χ1) is 13.2. The third-order valence-electron chi connectivity index (χ3n) is 4.21. The molecule has 0 atom stereocenters. The first-order valence-electron chi connectivity index (χ1n) is 8.68. The van der Waals surface area contributed by atoms with Crippen LogP contribution in [-0.4, -0.2) is 36.0 Å². The largest absolute Gasteiger partial charge is 0.493 e. The fourth-order valence-corrected chi connectivity index (χ4v) is 4.04. The van der Waals surface area contributed by atoms with Crippen molar-refractivity contribution < 1.29 is 23.6 Å². The SMILES string of the molecule is COc1cc(CO[Si]c2ccccc2C(C)(C)C)c([N+](=O)[O-])c(OC)c1OC. The molecule has 7 nitrogen and oxygen atoms in total. The monoisotopic (exact) mass is 403 g/mol. The quantitative estimate of drug-likeness (QED) is 0.382. The van der Waals surface area contributed by atoms with Crippen LogP contribution in [0.15, 0.2) is 30.3 Å². The summed E-state index contributed by atoms with van der Waals surface area (Å²) in [5.74, 6) is 0.548. The second kappa shape index (κ2) is 9.07. The molecule has 0 N–H and O–H groups in total. The molecule has 8 heteroatoms. The smallest absolute Gasteiger partial charge is 0.320 e. The summed E-state index contributed by atoms with van der Waals surface area (Å²) in [5, 5.41) is 12.7. The summed E-state index contributed by atoms with van der Waals surface area (Å²) in [4.78, 5) is 11.2. The van der Waals surface area contributed by atoms with Crippen molar-refractivity contribution in [1.29, 1.82) is 0 Å². The fourth-order valence-electron chi connectivity index (χ4n) is 2.92. The molecule has 28 heavy (non-hydrogen) atoms. The summed E-state index contributed by atoms with van der Waals surface area (Å²) in [5.41, 5.74) is 1.34. The van der Waals surface area contributed by atoms with Crippen LogP contribution in [0.25, 0.3) is 0 Å².